The van der Waals surface area contributed by atoms with E-state index >= 15 is 0 Å². The molecule has 0 saturated carbocycles. The zero-order chi connectivity index (χ0) is 22.1. The van der Waals surface area contributed by atoms with Crippen LogP contribution in [-0.2, 0) is 16.1 Å². The van der Waals surface area contributed by atoms with E-state index in [1.807, 2.05) is 72.8 Å². The van der Waals surface area contributed by atoms with Crippen LogP contribution in [0.1, 0.15) is 31.4 Å². The highest BCUT2D eigenvalue weighted by atomic mass is 16.5. The number of benzene rings is 2. The molecule has 1 amide bonds. The first-order chi connectivity index (χ1) is 14.9. The van der Waals surface area contributed by atoms with Gasteiger partial charge in [0.2, 0.25) is 5.91 Å². The molecule has 0 spiro atoms. The van der Waals surface area contributed by atoms with Crippen molar-refractivity contribution in [1.82, 2.24) is 5.32 Å². The van der Waals surface area contributed by atoms with Crippen LogP contribution in [0.4, 0.5) is 0 Å². The Bertz CT molecular complexity index is 933. The van der Waals surface area contributed by atoms with Gasteiger partial charge in [-0.2, -0.15) is 5.11 Å². The molecule has 0 aromatic heterocycles. The van der Waals surface area contributed by atoms with E-state index in [-0.39, 0.29) is 18.7 Å². The number of azo groups is 1. The van der Waals surface area contributed by atoms with Crippen LogP contribution in [0.25, 0.3) is 6.08 Å². The number of ether oxygens (including phenoxy) is 1. The fourth-order valence-corrected chi connectivity index (χ4v) is 2.87. The van der Waals surface area contributed by atoms with E-state index in [9.17, 15) is 4.79 Å². The number of hydrogen-bond acceptors (Lipinski definition) is 6. The van der Waals surface area contributed by atoms with Gasteiger partial charge in [0.1, 0.15) is 6.04 Å². The molecule has 1 aliphatic heterocycles. The number of amides is 1. The minimum Gasteiger partial charge on any atom is -0.374 e. The van der Waals surface area contributed by atoms with E-state index in [1.54, 1.807) is 13.8 Å². The number of nitrogens with one attached hydrogen (secondary N) is 1. The predicted molar refractivity (Wildman–Crippen MR) is 122 cm³/mol. The summed E-state index contributed by atoms with van der Waals surface area (Å²) in [6, 6.07) is 19.3. The average molecular weight is 420 g/mol. The van der Waals surface area contributed by atoms with Gasteiger partial charge in [0, 0.05) is 6.42 Å². The van der Waals surface area contributed by atoms with Crippen LogP contribution in [0.5, 0.6) is 0 Å². The first kappa shape index (κ1) is 22.5. The van der Waals surface area contributed by atoms with E-state index in [0.717, 1.165) is 11.1 Å². The number of aliphatic imine (C=N–C) groups is 1. The van der Waals surface area contributed by atoms with Gasteiger partial charge in [-0.3, -0.25) is 4.79 Å². The third kappa shape index (κ3) is 7.24. The molecular formula is C24H29N5O2. The van der Waals surface area contributed by atoms with Crippen LogP contribution in [0, 0.1) is 0 Å². The van der Waals surface area contributed by atoms with E-state index in [4.69, 9.17) is 10.5 Å². The van der Waals surface area contributed by atoms with Gasteiger partial charge in [-0.05, 0) is 25.0 Å². The molecule has 0 saturated heterocycles. The van der Waals surface area contributed by atoms with Crippen molar-refractivity contribution in [3.63, 3.8) is 0 Å². The zero-order valence-electron chi connectivity index (χ0n) is 17.9. The van der Waals surface area contributed by atoms with E-state index < -0.39 is 11.6 Å². The molecule has 0 bridgehead atoms. The number of hydrogen-bond donors (Lipinski definition) is 2. The van der Waals surface area contributed by atoms with Crippen LogP contribution in [0.2, 0.25) is 0 Å². The van der Waals surface area contributed by atoms with E-state index in [2.05, 4.69) is 20.5 Å². The van der Waals surface area contributed by atoms with E-state index in [1.165, 1.54) is 0 Å². The lowest BCUT2D eigenvalue weighted by Crippen LogP contribution is -2.54. The maximum Gasteiger partial charge on any atom is 0.240 e. The molecule has 0 fully saturated rings. The number of carbonyl (C=O) groups is 1. The quantitative estimate of drug-likeness (QED) is 0.613. The normalized spacial score (nSPS) is 17.0. The van der Waals surface area contributed by atoms with Crippen LogP contribution in [-0.4, -0.2) is 36.1 Å². The summed E-state index contributed by atoms with van der Waals surface area (Å²) in [4.78, 5) is 17.0. The Morgan fingerprint density at radius 1 is 1.16 bits per heavy atom. The van der Waals surface area contributed by atoms with E-state index in [0.29, 0.717) is 18.9 Å². The Morgan fingerprint density at radius 2 is 1.84 bits per heavy atom. The monoisotopic (exact) mass is 419 g/mol. The lowest BCUT2D eigenvalue weighted by molar-refractivity contribution is -0.125. The second-order valence-electron chi connectivity index (χ2n) is 7.98. The summed E-state index contributed by atoms with van der Waals surface area (Å²) in [5, 5.41) is 11.3. The topological polar surface area (TPSA) is 101 Å². The third-order valence-electron chi connectivity index (χ3n) is 4.63. The SMILES string of the molecule is CC(C)(N)C(=O)NC(COCc1ccccc1)C1=NC(C/C=C/c2ccccc2)N=N1. The molecule has 2 aromatic rings. The summed E-state index contributed by atoms with van der Waals surface area (Å²) in [5.74, 6) is 0.148. The summed E-state index contributed by atoms with van der Waals surface area (Å²) in [5.41, 5.74) is 7.08. The number of nitrogens with zero attached hydrogens (tertiary/aromatic N) is 3. The first-order valence-corrected chi connectivity index (χ1v) is 10.3. The van der Waals surface area contributed by atoms with Gasteiger partial charge in [0.05, 0.1) is 18.8 Å². The Kier molecular flexibility index (Phi) is 7.81. The largest absolute Gasteiger partial charge is 0.374 e. The van der Waals surface area contributed by atoms with Gasteiger partial charge >= 0.3 is 0 Å². The van der Waals surface area contributed by atoms with Crippen LogP contribution >= 0.6 is 0 Å². The second-order valence-corrected chi connectivity index (χ2v) is 7.98. The predicted octanol–water partition coefficient (Wildman–Crippen LogP) is 3.72. The standard InChI is InChI=1S/C24H29N5O2/c1-24(2,25)23(30)26-20(17-31-16-19-12-7-4-8-13-19)22-27-21(28-29-22)15-9-14-18-10-5-3-6-11-18/h3-14,20-21H,15-17,25H2,1-2H3,(H,26,30)/b14-9+. The number of nitrogens with two attached hydrogens (primary N) is 1. The highest BCUT2D eigenvalue weighted by Crippen LogP contribution is 2.15. The molecule has 2 atom stereocenters. The van der Waals surface area contributed by atoms with Gasteiger partial charge in [0.25, 0.3) is 0 Å². The third-order valence-corrected chi connectivity index (χ3v) is 4.63. The molecule has 1 aliphatic rings. The Labute approximate surface area is 183 Å². The fraction of sp³-hybridized carbons (Fsp3) is 0.333. The molecule has 0 aliphatic carbocycles. The number of carbonyl (C=O) groups excluding carboxylic acids is 1. The number of rotatable bonds is 10. The van der Waals surface area contributed by atoms with Crippen molar-refractivity contribution >= 4 is 17.8 Å². The van der Waals surface area contributed by atoms with Gasteiger partial charge in [-0.1, -0.05) is 72.8 Å². The van der Waals surface area contributed by atoms with Crippen molar-refractivity contribution < 1.29 is 9.53 Å². The molecule has 3 rings (SSSR count). The molecule has 7 nitrogen and oxygen atoms in total. The second kappa shape index (κ2) is 10.7. The fourth-order valence-electron chi connectivity index (χ4n) is 2.87. The molecule has 3 N–H and O–H groups in total. The van der Waals surface area contributed by atoms with Gasteiger partial charge in [-0.15, -0.1) is 5.11 Å². The van der Waals surface area contributed by atoms with Crippen molar-refractivity contribution in [2.75, 3.05) is 6.61 Å². The first-order valence-electron chi connectivity index (χ1n) is 10.3. The van der Waals surface area contributed by atoms with Gasteiger partial charge in [-0.25, -0.2) is 4.99 Å². The van der Waals surface area contributed by atoms with Gasteiger partial charge < -0.3 is 15.8 Å². The van der Waals surface area contributed by atoms with Crippen molar-refractivity contribution in [1.29, 1.82) is 0 Å². The Balaban J connectivity index is 1.61. The summed E-state index contributed by atoms with van der Waals surface area (Å²) >= 11 is 0. The summed E-state index contributed by atoms with van der Waals surface area (Å²) < 4.78 is 5.83. The highest BCUT2D eigenvalue weighted by molar-refractivity contribution is 5.95. The maximum absolute atomic E-state index is 12.4. The number of amidine groups is 1. The molecule has 7 heteroatoms. The van der Waals surface area contributed by atoms with Crippen LogP contribution in [0.15, 0.2) is 82.0 Å². The Hall–Kier alpha value is -3.16. The zero-order valence-corrected chi connectivity index (χ0v) is 17.9. The van der Waals surface area contributed by atoms with Crippen molar-refractivity contribution in [3.8, 4) is 0 Å². The molecule has 1 heterocycles. The smallest absolute Gasteiger partial charge is 0.240 e. The Morgan fingerprint density at radius 3 is 2.52 bits per heavy atom. The van der Waals surface area contributed by atoms with Gasteiger partial charge in [0.15, 0.2) is 12.0 Å². The molecular weight excluding hydrogens is 390 g/mol. The summed E-state index contributed by atoms with van der Waals surface area (Å²) in [7, 11) is 0. The molecule has 31 heavy (non-hydrogen) atoms. The lowest BCUT2D eigenvalue weighted by atomic mass is 10.1. The van der Waals surface area contributed by atoms with Crippen molar-refractivity contribution in [2.24, 2.45) is 21.0 Å². The average Bonchev–Trinajstić information content (AvgIpc) is 3.22. The minimum atomic E-state index is -1.02. The van der Waals surface area contributed by atoms with Crippen molar-refractivity contribution in [2.45, 2.75) is 44.6 Å². The molecule has 0 radical (unpaired) electrons. The molecule has 162 valence electrons. The highest BCUT2D eigenvalue weighted by Gasteiger charge is 2.29. The summed E-state index contributed by atoms with van der Waals surface area (Å²) in [6.45, 7) is 3.95. The lowest BCUT2D eigenvalue weighted by Gasteiger charge is -2.23. The summed E-state index contributed by atoms with van der Waals surface area (Å²) in [6.07, 6.45) is 4.36. The van der Waals surface area contributed by atoms with Crippen LogP contribution in [0.3, 0.4) is 0 Å². The van der Waals surface area contributed by atoms with Crippen molar-refractivity contribution in [3.05, 3.63) is 77.9 Å². The molecule has 2 aromatic carbocycles. The maximum atomic E-state index is 12.4. The van der Waals surface area contributed by atoms with Crippen LogP contribution < -0.4 is 11.1 Å². The molecule has 2 unspecified atom stereocenters. The minimum absolute atomic E-state index is 0.223.